The number of aliphatic hydroxyl groups is 1. The number of benzene rings is 1. The molecule has 0 aliphatic rings. The number of nitriles is 1. The van der Waals surface area contributed by atoms with Crippen LogP contribution >= 0.6 is 11.3 Å². The van der Waals surface area contributed by atoms with Gasteiger partial charge in [-0.1, -0.05) is 0 Å². The number of nitrogens with zero attached hydrogens (tertiary/aromatic N) is 1. The summed E-state index contributed by atoms with van der Waals surface area (Å²) in [4.78, 5) is 0. The van der Waals surface area contributed by atoms with Crippen LogP contribution in [0.1, 0.15) is 11.1 Å². The summed E-state index contributed by atoms with van der Waals surface area (Å²) in [7, 11) is 0. The molecule has 2 N–H and O–H groups in total. The van der Waals surface area contributed by atoms with Crippen molar-refractivity contribution >= 4 is 21.4 Å². The quantitative estimate of drug-likeness (QED) is 0.748. The first-order valence-corrected chi connectivity index (χ1v) is 4.89. The first-order valence-electron chi connectivity index (χ1n) is 4.01. The molecule has 0 radical (unpaired) electrons. The Morgan fingerprint density at radius 2 is 2.29 bits per heavy atom. The molecule has 4 heteroatoms. The Labute approximate surface area is 84.5 Å². The van der Waals surface area contributed by atoms with Gasteiger partial charge >= 0.3 is 0 Å². The lowest BCUT2D eigenvalue weighted by Crippen LogP contribution is -1.89. The van der Waals surface area contributed by atoms with Crippen molar-refractivity contribution in [3.8, 4) is 11.8 Å². The number of hydrogen-bond donors (Lipinski definition) is 2. The number of thiophene rings is 1. The number of aromatic hydroxyl groups is 1. The van der Waals surface area contributed by atoms with Crippen molar-refractivity contribution in [1.82, 2.24) is 0 Å². The fourth-order valence-corrected chi connectivity index (χ4v) is 2.35. The minimum atomic E-state index is -0.232. The topological polar surface area (TPSA) is 64.2 Å². The molecule has 0 amide bonds. The van der Waals surface area contributed by atoms with E-state index < -0.39 is 0 Å². The summed E-state index contributed by atoms with van der Waals surface area (Å²) in [5, 5.41) is 30.0. The van der Waals surface area contributed by atoms with Crippen molar-refractivity contribution in [1.29, 1.82) is 5.26 Å². The van der Waals surface area contributed by atoms with Gasteiger partial charge in [0.25, 0.3) is 0 Å². The van der Waals surface area contributed by atoms with Gasteiger partial charge in [0.2, 0.25) is 0 Å². The predicted octanol–water partition coefficient (Wildman–Crippen LogP) is 1.97. The zero-order chi connectivity index (χ0) is 10.1. The largest absolute Gasteiger partial charge is 0.507 e. The van der Waals surface area contributed by atoms with Crippen LogP contribution in [0.4, 0.5) is 0 Å². The van der Waals surface area contributed by atoms with E-state index in [9.17, 15) is 5.11 Å². The summed E-state index contributed by atoms with van der Waals surface area (Å²) in [6.45, 7) is -0.232. The number of fused-ring (bicyclic) bond motifs is 1. The molecule has 2 aromatic rings. The molecule has 2 rings (SSSR count). The molecule has 0 saturated carbocycles. The first kappa shape index (κ1) is 9.00. The highest BCUT2D eigenvalue weighted by atomic mass is 32.1. The Morgan fingerprint density at radius 3 is 2.93 bits per heavy atom. The highest BCUT2D eigenvalue weighted by Gasteiger charge is 2.11. The van der Waals surface area contributed by atoms with Gasteiger partial charge < -0.3 is 10.2 Å². The summed E-state index contributed by atoms with van der Waals surface area (Å²) < 4.78 is 0.733. The van der Waals surface area contributed by atoms with Gasteiger partial charge in [-0.25, -0.2) is 0 Å². The lowest BCUT2D eigenvalue weighted by molar-refractivity contribution is 0.281. The molecule has 0 aliphatic heterocycles. The molecule has 0 aliphatic carbocycles. The maximum Gasteiger partial charge on any atom is 0.124 e. The molecule has 0 atom stereocenters. The standard InChI is InChI=1S/C10H7NO2S/c11-4-8-6(5-12)3-9(13)7-1-2-14-10(7)8/h1-3,12-13H,5H2. The molecular weight excluding hydrogens is 198 g/mol. The zero-order valence-electron chi connectivity index (χ0n) is 7.19. The van der Waals surface area contributed by atoms with E-state index in [4.69, 9.17) is 10.4 Å². The molecule has 0 saturated heterocycles. The zero-order valence-corrected chi connectivity index (χ0v) is 8.01. The van der Waals surface area contributed by atoms with Crippen molar-refractivity contribution < 1.29 is 10.2 Å². The Bertz CT molecular complexity index is 525. The van der Waals surface area contributed by atoms with Crippen molar-refractivity contribution in [2.45, 2.75) is 6.61 Å². The minimum absolute atomic E-state index is 0.115. The van der Waals surface area contributed by atoms with Crippen LogP contribution < -0.4 is 0 Å². The van der Waals surface area contributed by atoms with Gasteiger partial charge in [-0.3, -0.25) is 0 Å². The second-order valence-corrected chi connectivity index (χ2v) is 3.78. The first-order chi connectivity index (χ1) is 6.77. The fourth-order valence-electron chi connectivity index (χ4n) is 1.41. The lowest BCUT2D eigenvalue weighted by Gasteiger charge is -2.03. The highest BCUT2D eigenvalue weighted by Crippen LogP contribution is 2.34. The van der Waals surface area contributed by atoms with E-state index in [0.29, 0.717) is 16.5 Å². The third-order valence-corrected chi connectivity index (χ3v) is 3.01. The van der Waals surface area contributed by atoms with E-state index in [1.54, 1.807) is 6.07 Å². The molecule has 1 aromatic heterocycles. The summed E-state index contributed by atoms with van der Waals surface area (Å²) in [5.74, 6) is 0.115. The van der Waals surface area contributed by atoms with E-state index in [2.05, 4.69) is 0 Å². The van der Waals surface area contributed by atoms with Crippen LogP contribution in [0.3, 0.4) is 0 Å². The Hall–Kier alpha value is -1.57. The summed E-state index contributed by atoms with van der Waals surface area (Å²) in [6.07, 6.45) is 0. The summed E-state index contributed by atoms with van der Waals surface area (Å²) in [6, 6.07) is 5.24. The summed E-state index contributed by atoms with van der Waals surface area (Å²) >= 11 is 1.39. The monoisotopic (exact) mass is 205 g/mol. The predicted molar refractivity (Wildman–Crippen MR) is 54.1 cm³/mol. The molecule has 0 fully saturated rings. The average Bonchev–Trinajstić information content (AvgIpc) is 2.66. The Kier molecular flexibility index (Phi) is 2.12. The Morgan fingerprint density at radius 1 is 1.50 bits per heavy atom. The fraction of sp³-hybridized carbons (Fsp3) is 0.100. The van der Waals surface area contributed by atoms with Crippen molar-refractivity contribution in [2.24, 2.45) is 0 Å². The van der Waals surface area contributed by atoms with E-state index in [1.165, 1.54) is 17.4 Å². The molecule has 1 aromatic carbocycles. The Balaban J connectivity index is 2.91. The average molecular weight is 205 g/mol. The van der Waals surface area contributed by atoms with Crippen LogP contribution in [0.2, 0.25) is 0 Å². The van der Waals surface area contributed by atoms with Gasteiger partial charge in [-0.15, -0.1) is 11.3 Å². The highest BCUT2D eigenvalue weighted by molar-refractivity contribution is 7.17. The molecule has 3 nitrogen and oxygen atoms in total. The SMILES string of the molecule is N#Cc1c(CO)cc(O)c2ccsc12. The number of rotatable bonds is 1. The van der Waals surface area contributed by atoms with Crippen LogP contribution in [-0.4, -0.2) is 10.2 Å². The van der Waals surface area contributed by atoms with Crippen LogP contribution in [0.5, 0.6) is 5.75 Å². The van der Waals surface area contributed by atoms with Crippen LogP contribution in [0.25, 0.3) is 10.1 Å². The van der Waals surface area contributed by atoms with Crippen LogP contribution in [0, 0.1) is 11.3 Å². The normalized spacial score (nSPS) is 10.3. The molecule has 70 valence electrons. The maximum absolute atomic E-state index is 9.58. The number of hydrogen-bond acceptors (Lipinski definition) is 4. The number of aliphatic hydroxyl groups excluding tert-OH is 1. The molecular formula is C10H7NO2S. The third kappa shape index (κ3) is 1.15. The van der Waals surface area contributed by atoms with Crippen molar-refractivity contribution in [3.05, 3.63) is 28.6 Å². The van der Waals surface area contributed by atoms with Crippen LogP contribution in [-0.2, 0) is 6.61 Å². The van der Waals surface area contributed by atoms with Gasteiger partial charge in [0.1, 0.15) is 11.8 Å². The summed E-state index contributed by atoms with van der Waals surface area (Å²) in [5.41, 5.74) is 0.926. The van der Waals surface area contributed by atoms with Gasteiger partial charge in [-0.05, 0) is 17.5 Å². The molecule has 14 heavy (non-hydrogen) atoms. The maximum atomic E-state index is 9.58. The van der Waals surface area contributed by atoms with E-state index >= 15 is 0 Å². The van der Waals surface area contributed by atoms with E-state index in [-0.39, 0.29) is 12.4 Å². The molecule has 0 spiro atoms. The smallest absolute Gasteiger partial charge is 0.124 e. The van der Waals surface area contributed by atoms with Crippen molar-refractivity contribution in [2.75, 3.05) is 0 Å². The van der Waals surface area contributed by atoms with Gasteiger partial charge in [0.05, 0.1) is 16.9 Å². The van der Waals surface area contributed by atoms with E-state index in [1.807, 2.05) is 11.4 Å². The number of phenolic OH excluding ortho intramolecular Hbond substituents is 1. The van der Waals surface area contributed by atoms with Gasteiger partial charge in [-0.2, -0.15) is 5.26 Å². The van der Waals surface area contributed by atoms with Gasteiger partial charge in [0.15, 0.2) is 0 Å². The van der Waals surface area contributed by atoms with Crippen LogP contribution in [0.15, 0.2) is 17.5 Å². The van der Waals surface area contributed by atoms with Crippen molar-refractivity contribution in [3.63, 3.8) is 0 Å². The molecule has 0 bridgehead atoms. The lowest BCUT2D eigenvalue weighted by atomic mass is 10.1. The second kappa shape index (κ2) is 3.29. The molecule has 1 heterocycles. The third-order valence-electron chi connectivity index (χ3n) is 2.08. The minimum Gasteiger partial charge on any atom is -0.507 e. The number of phenols is 1. The van der Waals surface area contributed by atoms with Gasteiger partial charge in [0, 0.05) is 10.9 Å². The second-order valence-electron chi connectivity index (χ2n) is 2.86. The van der Waals surface area contributed by atoms with E-state index in [0.717, 1.165) is 4.70 Å². The molecule has 0 unspecified atom stereocenters.